The minimum Gasteiger partial charge on any atom is -0.355 e. The number of guanidine groups is 1. The Kier molecular flexibility index (Phi) is 10.8. The number of hydrogen-bond donors (Lipinski definition) is 2. The van der Waals surface area contributed by atoms with E-state index in [1.54, 1.807) is 7.05 Å². The van der Waals surface area contributed by atoms with Crippen LogP contribution in [0.3, 0.4) is 0 Å². The Bertz CT molecular complexity index is 728. The van der Waals surface area contributed by atoms with Gasteiger partial charge in [-0.15, -0.1) is 24.0 Å². The standard InChI is InChI=1S/C19H24ClN3OS.HI/c1-15(17-9-6-10-18(20)13-17)23-19(21-2)22-11-12-25(24)14-16-7-4-3-5-8-16;/h3-10,13,15H,11-12,14H2,1-2H3,(H2,21,22,23);1H. The van der Waals surface area contributed by atoms with Gasteiger partial charge >= 0.3 is 0 Å². The third-order valence-corrected chi connectivity index (χ3v) is 5.27. The van der Waals surface area contributed by atoms with Gasteiger partial charge in [0.2, 0.25) is 0 Å². The van der Waals surface area contributed by atoms with E-state index in [4.69, 9.17) is 11.6 Å². The summed E-state index contributed by atoms with van der Waals surface area (Å²) in [6, 6.07) is 17.7. The van der Waals surface area contributed by atoms with Crippen LogP contribution in [0.15, 0.2) is 59.6 Å². The molecule has 26 heavy (non-hydrogen) atoms. The maximum atomic E-state index is 12.2. The van der Waals surface area contributed by atoms with Crippen LogP contribution in [-0.4, -0.2) is 29.5 Å². The van der Waals surface area contributed by atoms with E-state index in [9.17, 15) is 4.21 Å². The minimum atomic E-state index is -0.904. The summed E-state index contributed by atoms with van der Waals surface area (Å²) >= 11 is 6.04. The van der Waals surface area contributed by atoms with Crippen molar-refractivity contribution < 1.29 is 4.21 Å². The zero-order valence-corrected chi connectivity index (χ0v) is 18.8. The molecule has 2 rings (SSSR count). The highest BCUT2D eigenvalue weighted by atomic mass is 127. The molecule has 0 aliphatic carbocycles. The van der Waals surface area contributed by atoms with Crippen LogP contribution < -0.4 is 10.6 Å². The molecule has 0 aromatic heterocycles. The van der Waals surface area contributed by atoms with Crippen molar-refractivity contribution in [2.75, 3.05) is 19.3 Å². The molecule has 0 aliphatic rings. The van der Waals surface area contributed by atoms with Crippen molar-refractivity contribution in [3.05, 3.63) is 70.7 Å². The van der Waals surface area contributed by atoms with Gasteiger partial charge < -0.3 is 10.6 Å². The minimum absolute atomic E-state index is 0. The summed E-state index contributed by atoms with van der Waals surface area (Å²) in [4.78, 5) is 4.22. The zero-order chi connectivity index (χ0) is 18.1. The first-order chi connectivity index (χ1) is 12.1. The lowest BCUT2D eigenvalue weighted by atomic mass is 10.1. The normalized spacial score (nSPS) is 13.4. The van der Waals surface area contributed by atoms with Crippen molar-refractivity contribution in [1.82, 2.24) is 10.6 Å². The van der Waals surface area contributed by atoms with Crippen LogP contribution in [0.25, 0.3) is 0 Å². The lowest BCUT2D eigenvalue weighted by molar-refractivity contribution is 0.676. The number of aliphatic imine (C=N–C) groups is 1. The lowest BCUT2D eigenvalue weighted by Crippen LogP contribution is -2.40. The largest absolute Gasteiger partial charge is 0.355 e. The maximum Gasteiger partial charge on any atom is 0.191 e. The summed E-state index contributed by atoms with van der Waals surface area (Å²) in [7, 11) is 0.819. The topological polar surface area (TPSA) is 53.5 Å². The molecule has 2 aromatic rings. The first-order valence-corrected chi connectivity index (χ1v) is 10.1. The summed E-state index contributed by atoms with van der Waals surface area (Å²) in [5, 5.41) is 7.24. The molecule has 142 valence electrons. The zero-order valence-electron chi connectivity index (χ0n) is 14.9. The fourth-order valence-corrected chi connectivity index (χ4v) is 3.61. The molecule has 0 amide bonds. The highest BCUT2D eigenvalue weighted by molar-refractivity contribution is 14.0. The Labute approximate surface area is 180 Å². The van der Waals surface area contributed by atoms with E-state index >= 15 is 0 Å². The van der Waals surface area contributed by atoms with Gasteiger partial charge in [-0.3, -0.25) is 9.20 Å². The van der Waals surface area contributed by atoms with Crippen molar-refractivity contribution in [3.8, 4) is 0 Å². The SMILES string of the molecule is CN=C(NCCS(=O)Cc1ccccc1)NC(C)c1cccc(Cl)c1.I. The lowest BCUT2D eigenvalue weighted by Gasteiger charge is -2.18. The van der Waals surface area contributed by atoms with E-state index in [2.05, 4.69) is 15.6 Å². The number of nitrogens with one attached hydrogen (secondary N) is 2. The molecule has 0 saturated carbocycles. The second-order valence-corrected chi connectivity index (χ2v) is 7.71. The molecule has 0 bridgehead atoms. The molecule has 2 aromatic carbocycles. The Balaban J connectivity index is 0.00000338. The van der Waals surface area contributed by atoms with Crippen molar-refractivity contribution in [2.24, 2.45) is 4.99 Å². The summed E-state index contributed by atoms with van der Waals surface area (Å²) in [6.07, 6.45) is 0. The summed E-state index contributed by atoms with van der Waals surface area (Å²) in [5.41, 5.74) is 2.18. The van der Waals surface area contributed by atoms with Crippen molar-refractivity contribution in [3.63, 3.8) is 0 Å². The Morgan fingerprint density at radius 2 is 1.92 bits per heavy atom. The van der Waals surface area contributed by atoms with Crippen molar-refractivity contribution >= 4 is 52.3 Å². The fourth-order valence-electron chi connectivity index (χ4n) is 2.37. The highest BCUT2D eigenvalue weighted by Crippen LogP contribution is 2.17. The first kappa shape index (κ1) is 22.9. The van der Waals surface area contributed by atoms with Crippen LogP contribution in [0.2, 0.25) is 5.02 Å². The molecule has 0 spiro atoms. The van der Waals surface area contributed by atoms with Gasteiger partial charge in [-0.05, 0) is 30.2 Å². The molecule has 0 fully saturated rings. The van der Waals surface area contributed by atoms with E-state index < -0.39 is 10.8 Å². The third kappa shape index (κ3) is 8.05. The molecule has 2 atom stereocenters. The number of benzene rings is 2. The van der Waals surface area contributed by atoms with E-state index in [0.29, 0.717) is 29.0 Å². The Morgan fingerprint density at radius 3 is 2.58 bits per heavy atom. The summed E-state index contributed by atoms with van der Waals surface area (Å²) < 4.78 is 12.2. The maximum absolute atomic E-state index is 12.2. The smallest absolute Gasteiger partial charge is 0.191 e. The second-order valence-electron chi connectivity index (χ2n) is 5.69. The average Bonchev–Trinajstić information content (AvgIpc) is 2.61. The molecule has 0 saturated heterocycles. The van der Waals surface area contributed by atoms with Crippen molar-refractivity contribution in [1.29, 1.82) is 0 Å². The van der Waals surface area contributed by atoms with Crippen LogP contribution in [0.4, 0.5) is 0 Å². The van der Waals surface area contributed by atoms with Gasteiger partial charge in [0.25, 0.3) is 0 Å². The van der Waals surface area contributed by atoms with Gasteiger partial charge in [-0.1, -0.05) is 54.1 Å². The third-order valence-electron chi connectivity index (χ3n) is 3.72. The van der Waals surface area contributed by atoms with Gasteiger partial charge in [-0.25, -0.2) is 0 Å². The van der Waals surface area contributed by atoms with Gasteiger partial charge in [0.1, 0.15) is 0 Å². The van der Waals surface area contributed by atoms with E-state index in [0.717, 1.165) is 11.1 Å². The van der Waals surface area contributed by atoms with Gasteiger partial charge in [0.15, 0.2) is 5.96 Å². The van der Waals surface area contributed by atoms with E-state index in [-0.39, 0.29) is 30.0 Å². The van der Waals surface area contributed by atoms with Crippen LogP contribution in [-0.2, 0) is 16.6 Å². The predicted molar refractivity (Wildman–Crippen MR) is 123 cm³/mol. The summed E-state index contributed by atoms with van der Waals surface area (Å²) in [5.74, 6) is 1.83. The average molecular weight is 506 g/mol. The highest BCUT2D eigenvalue weighted by Gasteiger charge is 2.08. The Hall–Kier alpha value is -1.12. The van der Waals surface area contributed by atoms with Crippen LogP contribution in [0.1, 0.15) is 24.1 Å². The number of nitrogens with zero attached hydrogens (tertiary/aromatic N) is 1. The molecular weight excluding hydrogens is 481 g/mol. The fraction of sp³-hybridized carbons (Fsp3) is 0.316. The van der Waals surface area contributed by atoms with E-state index in [1.807, 2.05) is 61.5 Å². The van der Waals surface area contributed by atoms with Crippen LogP contribution in [0, 0.1) is 0 Å². The number of hydrogen-bond acceptors (Lipinski definition) is 2. The molecule has 4 nitrogen and oxygen atoms in total. The predicted octanol–water partition coefficient (Wildman–Crippen LogP) is 4.13. The van der Waals surface area contributed by atoms with Gasteiger partial charge in [0, 0.05) is 40.9 Å². The van der Waals surface area contributed by atoms with Crippen LogP contribution in [0.5, 0.6) is 0 Å². The van der Waals surface area contributed by atoms with Crippen molar-refractivity contribution in [2.45, 2.75) is 18.7 Å². The molecule has 2 N–H and O–H groups in total. The van der Waals surface area contributed by atoms with Gasteiger partial charge in [0.05, 0.1) is 6.04 Å². The Morgan fingerprint density at radius 1 is 1.19 bits per heavy atom. The summed E-state index contributed by atoms with van der Waals surface area (Å²) in [6.45, 7) is 2.65. The molecule has 0 radical (unpaired) electrons. The monoisotopic (exact) mass is 505 g/mol. The number of halogens is 2. The molecule has 0 heterocycles. The molecular formula is C19H25ClIN3OS. The molecule has 7 heteroatoms. The number of rotatable bonds is 7. The quantitative estimate of drug-likeness (QED) is 0.338. The molecule has 2 unspecified atom stereocenters. The van der Waals surface area contributed by atoms with E-state index in [1.165, 1.54) is 0 Å². The van der Waals surface area contributed by atoms with Crippen LogP contribution >= 0.6 is 35.6 Å². The van der Waals surface area contributed by atoms with Gasteiger partial charge in [-0.2, -0.15) is 0 Å². The second kappa shape index (κ2) is 12.3. The molecule has 0 aliphatic heterocycles. The first-order valence-electron chi connectivity index (χ1n) is 8.20.